The minimum Gasteiger partial charge on any atom is -0.497 e. The lowest BCUT2D eigenvalue weighted by atomic mass is 9.76. The van der Waals surface area contributed by atoms with Crippen molar-refractivity contribution in [2.75, 3.05) is 21.0 Å². The van der Waals surface area contributed by atoms with Crippen LogP contribution in [0.5, 0.6) is 11.5 Å². The Kier molecular flexibility index (Phi) is 7.45. The molecule has 4 aromatic rings. The molecular formula is C29H29F4N3O4. The maximum atomic E-state index is 15.1. The number of hydrogen-bond donors (Lipinski definition) is 0. The summed E-state index contributed by atoms with van der Waals surface area (Å²) in [6.45, 7) is 3.71. The number of benzene rings is 2. The van der Waals surface area contributed by atoms with Crippen LogP contribution in [-0.2, 0) is 22.3 Å². The van der Waals surface area contributed by atoms with E-state index < -0.39 is 17.6 Å². The summed E-state index contributed by atoms with van der Waals surface area (Å²) in [5, 5.41) is 8.76. The Morgan fingerprint density at radius 2 is 1.77 bits per heavy atom. The zero-order chi connectivity index (χ0) is 28.7. The summed E-state index contributed by atoms with van der Waals surface area (Å²) in [6, 6.07) is 11.0. The molecule has 1 aliphatic carbocycles. The van der Waals surface area contributed by atoms with Crippen molar-refractivity contribution in [1.82, 2.24) is 14.8 Å². The van der Waals surface area contributed by atoms with Gasteiger partial charge in [0.2, 0.25) is 0 Å². The molecule has 2 aromatic carbocycles. The normalized spacial score (nSPS) is 19.1. The molecule has 1 fully saturated rings. The van der Waals surface area contributed by atoms with Crippen LogP contribution in [0.3, 0.4) is 0 Å². The summed E-state index contributed by atoms with van der Waals surface area (Å²) >= 11 is 0. The molecule has 0 unspecified atom stereocenters. The highest BCUT2D eigenvalue weighted by molar-refractivity contribution is 5.83. The van der Waals surface area contributed by atoms with Gasteiger partial charge in [-0.25, -0.2) is 4.39 Å². The zero-order valence-electron chi connectivity index (χ0n) is 22.5. The van der Waals surface area contributed by atoms with Crippen LogP contribution in [-0.4, -0.2) is 41.4 Å². The van der Waals surface area contributed by atoms with Crippen LogP contribution < -0.4 is 9.47 Å². The number of rotatable bonds is 9. The Labute approximate surface area is 228 Å². The number of aryl methyl sites for hydroxylation is 1. The third kappa shape index (κ3) is 5.48. The molecule has 5 rings (SSSR count). The summed E-state index contributed by atoms with van der Waals surface area (Å²) in [5.41, 5.74) is 0.876. The van der Waals surface area contributed by atoms with E-state index in [2.05, 4.69) is 10.2 Å². The number of alkyl halides is 3. The molecular weight excluding hydrogens is 530 g/mol. The zero-order valence-corrected chi connectivity index (χ0v) is 22.5. The molecule has 1 aliphatic rings. The van der Waals surface area contributed by atoms with Gasteiger partial charge in [0, 0.05) is 24.9 Å². The van der Waals surface area contributed by atoms with Gasteiger partial charge in [-0.3, -0.25) is 0 Å². The van der Waals surface area contributed by atoms with E-state index in [1.165, 1.54) is 26.3 Å². The molecule has 0 aliphatic heterocycles. The van der Waals surface area contributed by atoms with Crippen LogP contribution in [0, 0.1) is 12.7 Å². The van der Waals surface area contributed by atoms with Gasteiger partial charge in [0.1, 0.15) is 11.5 Å². The van der Waals surface area contributed by atoms with Crippen molar-refractivity contribution in [3.05, 3.63) is 71.2 Å². The van der Waals surface area contributed by atoms with Gasteiger partial charge in [-0.15, -0.1) is 10.2 Å². The highest BCUT2D eigenvalue weighted by Crippen LogP contribution is 2.46. The van der Waals surface area contributed by atoms with Crippen molar-refractivity contribution in [1.29, 1.82) is 0 Å². The molecule has 212 valence electrons. The van der Waals surface area contributed by atoms with Gasteiger partial charge < -0.3 is 23.5 Å². The number of fused-ring (bicyclic) bond motifs is 1. The Balaban J connectivity index is 1.37. The van der Waals surface area contributed by atoms with Gasteiger partial charge in [-0.1, -0.05) is 12.1 Å². The first-order valence-corrected chi connectivity index (χ1v) is 12.7. The number of ether oxygens (including phenoxy) is 4. The van der Waals surface area contributed by atoms with Crippen LogP contribution >= 0.6 is 0 Å². The lowest BCUT2D eigenvalue weighted by Crippen LogP contribution is -2.44. The molecule has 2 aromatic heterocycles. The van der Waals surface area contributed by atoms with E-state index in [4.69, 9.17) is 18.9 Å². The Hall–Kier alpha value is -3.70. The number of hydrogen-bond acceptors (Lipinski definition) is 6. The predicted octanol–water partition coefficient (Wildman–Crippen LogP) is 6.87. The van der Waals surface area contributed by atoms with Crippen molar-refractivity contribution in [3.8, 4) is 22.8 Å². The monoisotopic (exact) mass is 559 g/mol. The molecule has 0 atom stereocenters. The minimum atomic E-state index is -4.57. The fraction of sp³-hybridized carbons (Fsp3) is 0.379. The van der Waals surface area contributed by atoms with E-state index in [0.717, 1.165) is 23.4 Å². The predicted molar refractivity (Wildman–Crippen MR) is 140 cm³/mol. The van der Waals surface area contributed by atoms with Crippen molar-refractivity contribution in [2.45, 2.75) is 51.1 Å². The van der Waals surface area contributed by atoms with Gasteiger partial charge in [0.15, 0.2) is 18.3 Å². The third-order valence-electron chi connectivity index (χ3n) is 7.22. The fourth-order valence-electron chi connectivity index (χ4n) is 5.12. The molecule has 2 heterocycles. The molecule has 0 spiro atoms. The maximum Gasteiger partial charge on any atom is 0.416 e. The average Bonchev–Trinajstić information content (AvgIpc) is 3.23. The lowest BCUT2D eigenvalue weighted by molar-refractivity contribution is -0.137. The van der Waals surface area contributed by atoms with E-state index in [-0.39, 0.29) is 46.4 Å². The highest BCUT2D eigenvalue weighted by atomic mass is 19.4. The number of nitrogens with zero attached hydrogens (tertiary/aromatic N) is 3. The first-order valence-electron chi connectivity index (χ1n) is 12.7. The second kappa shape index (κ2) is 10.7. The molecule has 0 saturated heterocycles. The second-order valence-corrected chi connectivity index (χ2v) is 10.2. The first-order chi connectivity index (χ1) is 19.0. The summed E-state index contributed by atoms with van der Waals surface area (Å²) in [7, 11) is 2.98. The van der Waals surface area contributed by atoms with Crippen molar-refractivity contribution >= 4 is 11.0 Å². The van der Waals surface area contributed by atoms with Gasteiger partial charge in [0.05, 0.1) is 36.0 Å². The second-order valence-electron chi connectivity index (χ2n) is 10.2. The standard InChI is InChI=1S/C29H29F4N3O4/c1-17-9-19(29(31,32)33)10-25(39-16-37-3)26(17)24-11-22-23(30)14-36(27(22)35-34-24)20-12-28(2,13-20)40-15-18-5-7-21(38-4)8-6-18/h5-11,14,20H,12-13,15-16H2,1-4H3. The molecule has 11 heteroatoms. The first kappa shape index (κ1) is 27.9. The van der Waals surface area contributed by atoms with E-state index in [9.17, 15) is 13.2 Å². The fourth-order valence-corrected chi connectivity index (χ4v) is 5.12. The summed E-state index contributed by atoms with van der Waals surface area (Å²) in [5.74, 6) is 0.200. The van der Waals surface area contributed by atoms with E-state index in [1.54, 1.807) is 11.7 Å². The molecule has 1 saturated carbocycles. The topological polar surface area (TPSA) is 67.6 Å². The van der Waals surface area contributed by atoms with Gasteiger partial charge in [0.25, 0.3) is 0 Å². The van der Waals surface area contributed by atoms with Crippen molar-refractivity contribution < 1.29 is 36.5 Å². The molecule has 40 heavy (non-hydrogen) atoms. The Morgan fingerprint density at radius 3 is 2.42 bits per heavy atom. The number of halogens is 4. The molecule has 0 N–H and O–H groups in total. The van der Waals surface area contributed by atoms with E-state index in [1.807, 2.05) is 31.2 Å². The third-order valence-corrected chi connectivity index (χ3v) is 7.22. The lowest BCUT2D eigenvalue weighted by Gasteiger charge is -2.45. The SMILES string of the molecule is COCOc1cc(C(F)(F)F)cc(C)c1-c1cc2c(F)cn(C3CC(C)(OCc4ccc(OC)cc4)C3)c2nn1. The quantitative estimate of drug-likeness (QED) is 0.165. The van der Waals surface area contributed by atoms with Crippen LogP contribution in [0.4, 0.5) is 17.6 Å². The molecule has 7 nitrogen and oxygen atoms in total. The molecule has 0 bridgehead atoms. The maximum absolute atomic E-state index is 15.1. The van der Waals surface area contributed by atoms with Crippen LogP contribution in [0.15, 0.2) is 48.7 Å². The van der Waals surface area contributed by atoms with Crippen LogP contribution in [0.25, 0.3) is 22.3 Å². The van der Waals surface area contributed by atoms with Crippen molar-refractivity contribution in [2.24, 2.45) is 0 Å². The number of aromatic nitrogens is 3. The summed E-state index contributed by atoms with van der Waals surface area (Å²) in [6.07, 6.45) is -1.87. The van der Waals surface area contributed by atoms with Crippen LogP contribution in [0.1, 0.15) is 42.5 Å². The smallest absolute Gasteiger partial charge is 0.416 e. The average molecular weight is 560 g/mol. The Morgan fingerprint density at radius 1 is 1.05 bits per heavy atom. The van der Waals surface area contributed by atoms with E-state index >= 15 is 4.39 Å². The van der Waals surface area contributed by atoms with Gasteiger partial charge >= 0.3 is 6.18 Å². The highest BCUT2D eigenvalue weighted by Gasteiger charge is 2.43. The molecule has 0 amide bonds. The van der Waals surface area contributed by atoms with Gasteiger partial charge in [-0.05, 0) is 68.1 Å². The summed E-state index contributed by atoms with van der Waals surface area (Å²) < 4.78 is 78.9. The van der Waals surface area contributed by atoms with Crippen LogP contribution in [0.2, 0.25) is 0 Å². The van der Waals surface area contributed by atoms with E-state index in [0.29, 0.717) is 25.1 Å². The minimum absolute atomic E-state index is 0.0404. The molecule has 0 radical (unpaired) electrons. The Bertz CT molecular complexity index is 1510. The van der Waals surface area contributed by atoms with Gasteiger partial charge in [-0.2, -0.15) is 13.2 Å². The van der Waals surface area contributed by atoms with Crippen molar-refractivity contribution in [3.63, 3.8) is 0 Å². The summed E-state index contributed by atoms with van der Waals surface area (Å²) in [4.78, 5) is 0. The largest absolute Gasteiger partial charge is 0.497 e. The number of methoxy groups -OCH3 is 2.